The van der Waals surface area contributed by atoms with Gasteiger partial charge in [-0.25, -0.2) is 0 Å². The van der Waals surface area contributed by atoms with E-state index in [0.717, 1.165) is 25.7 Å². The Morgan fingerprint density at radius 3 is 1.98 bits per heavy atom. The number of hydrogen-bond acceptors (Lipinski definition) is 4. The minimum atomic E-state index is -0.140. The van der Waals surface area contributed by atoms with Crippen LogP contribution in [0.5, 0.6) is 0 Å². The van der Waals surface area contributed by atoms with Gasteiger partial charge in [-0.1, -0.05) is 87.3 Å². The predicted molar refractivity (Wildman–Crippen MR) is 174 cm³/mol. The van der Waals surface area contributed by atoms with Gasteiger partial charge in [-0.2, -0.15) is 0 Å². The molecule has 42 heavy (non-hydrogen) atoms. The largest absolute Gasteiger partial charge is 0.465 e. The third-order valence-corrected chi connectivity index (χ3v) is 13.6. The van der Waals surface area contributed by atoms with Gasteiger partial charge in [0, 0.05) is 24.7 Å². The lowest BCUT2D eigenvalue weighted by Gasteiger charge is -2.72. The molecule has 242 valence electrons. The van der Waals surface area contributed by atoms with Crippen molar-refractivity contribution in [2.45, 2.75) is 160 Å². The molecule has 0 aliphatic heterocycles. The first kappa shape index (κ1) is 35.2. The number of ether oxygens (including phenoxy) is 2. The van der Waals surface area contributed by atoms with Crippen molar-refractivity contribution in [1.29, 1.82) is 0 Å². The van der Waals surface area contributed by atoms with E-state index in [9.17, 15) is 9.59 Å². The van der Waals surface area contributed by atoms with Crippen LogP contribution >= 0.6 is 0 Å². The monoisotopic (exact) mass is 586 g/mol. The summed E-state index contributed by atoms with van der Waals surface area (Å²) in [5.41, 5.74) is 4.29. The zero-order chi connectivity index (χ0) is 31.9. The van der Waals surface area contributed by atoms with E-state index < -0.39 is 0 Å². The highest BCUT2D eigenvalue weighted by Gasteiger charge is 2.69. The fourth-order valence-corrected chi connectivity index (χ4v) is 11.6. The van der Waals surface area contributed by atoms with Gasteiger partial charge in [0.2, 0.25) is 0 Å². The Kier molecular flexibility index (Phi) is 10.5. The lowest BCUT2D eigenvalue weighted by Crippen LogP contribution is -2.66. The summed E-state index contributed by atoms with van der Waals surface area (Å²) in [5.74, 6) is 2.15. The molecule has 5 aliphatic carbocycles. The summed E-state index contributed by atoms with van der Waals surface area (Å²) in [6, 6.07) is 0. The highest BCUT2D eigenvalue weighted by atomic mass is 16.5. The maximum Gasteiger partial charge on any atom is 0.302 e. The Hall–Kier alpha value is -1.32. The molecule has 0 amide bonds. The van der Waals surface area contributed by atoms with Crippen molar-refractivity contribution < 1.29 is 19.1 Å². The van der Waals surface area contributed by atoms with Crippen LogP contribution in [0.25, 0.3) is 0 Å². The van der Waals surface area contributed by atoms with Crippen molar-refractivity contribution >= 4 is 11.9 Å². The molecule has 4 unspecified atom stereocenters. The topological polar surface area (TPSA) is 52.6 Å². The van der Waals surface area contributed by atoms with Gasteiger partial charge in [-0.05, 0) is 104 Å². The van der Waals surface area contributed by atoms with Crippen LogP contribution < -0.4 is 0 Å². The predicted octanol–water partition coefficient (Wildman–Crippen LogP) is 10.3. The molecular weight excluding hydrogens is 520 g/mol. The van der Waals surface area contributed by atoms with Crippen molar-refractivity contribution in [3.8, 4) is 0 Å². The van der Waals surface area contributed by atoms with E-state index in [1.54, 1.807) is 25.0 Å². The summed E-state index contributed by atoms with van der Waals surface area (Å²) in [7, 11) is 0. The second-order valence-corrected chi connectivity index (χ2v) is 15.7. The van der Waals surface area contributed by atoms with Crippen LogP contribution in [0.3, 0.4) is 0 Å². The lowest BCUT2D eigenvalue weighted by molar-refractivity contribution is -0.233. The minimum absolute atomic E-state index is 0.00228. The van der Waals surface area contributed by atoms with Crippen LogP contribution in [0.4, 0.5) is 0 Å². The molecule has 0 aromatic carbocycles. The van der Waals surface area contributed by atoms with E-state index in [4.69, 9.17) is 9.47 Å². The van der Waals surface area contributed by atoms with Gasteiger partial charge in [0.15, 0.2) is 0 Å². The standard InChI is InChI=1S/C34H54O4.2C2H6/c1-21(2)24-12-17-34(20-37-22(3)35)19-18-32(8)25(29(24)34)10-11-27-31(7)15-14-28(38-23(4)36)30(5,6)26(31)13-16-33(27,32)9;2*1-2/h21,25-28H,10-20H2,1-9H3;2*1-2H3/t25-,26?,27?,28+,31+,32?,33-,34?;;/m1../s1. The summed E-state index contributed by atoms with van der Waals surface area (Å²) in [6.45, 7) is 29.1. The maximum absolute atomic E-state index is 11.9. The molecule has 4 fully saturated rings. The number of rotatable bonds is 4. The van der Waals surface area contributed by atoms with E-state index in [-0.39, 0.29) is 45.1 Å². The first-order chi connectivity index (χ1) is 19.6. The summed E-state index contributed by atoms with van der Waals surface area (Å²) < 4.78 is 11.7. The van der Waals surface area contributed by atoms with Crippen LogP contribution in [0.15, 0.2) is 11.1 Å². The number of fused-ring (bicyclic) bond motifs is 7. The summed E-state index contributed by atoms with van der Waals surface area (Å²) >= 11 is 0. The molecule has 5 aliphatic rings. The van der Waals surface area contributed by atoms with Crippen molar-refractivity contribution in [3.63, 3.8) is 0 Å². The molecular formula is C38H66O4. The number of carbonyl (C=O) groups excluding carboxylic acids is 2. The van der Waals surface area contributed by atoms with Crippen molar-refractivity contribution in [2.24, 2.45) is 50.7 Å². The average Bonchev–Trinajstić information content (AvgIpc) is 3.32. The quantitative estimate of drug-likeness (QED) is 0.243. The molecule has 5 rings (SSSR count). The van der Waals surface area contributed by atoms with E-state index in [1.165, 1.54) is 38.5 Å². The summed E-state index contributed by atoms with van der Waals surface area (Å²) in [5, 5.41) is 0. The molecule has 0 saturated heterocycles. The van der Waals surface area contributed by atoms with Gasteiger partial charge in [-0.3, -0.25) is 9.59 Å². The van der Waals surface area contributed by atoms with Crippen molar-refractivity contribution in [1.82, 2.24) is 0 Å². The third-order valence-electron chi connectivity index (χ3n) is 13.6. The van der Waals surface area contributed by atoms with Crippen molar-refractivity contribution in [2.75, 3.05) is 6.61 Å². The zero-order valence-corrected chi connectivity index (χ0v) is 29.8. The van der Waals surface area contributed by atoms with Crippen LogP contribution in [0.1, 0.15) is 154 Å². The average molecular weight is 587 g/mol. The molecule has 4 heteroatoms. The molecule has 0 bridgehead atoms. The fourth-order valence-electron chi connectivity index (χ4n) is 11.6. The molecule has 0 radical (unpaired) electrons. The van der Waals surface area contributed by atoms with E-state index in [1.807, 2.05) is 27.7 Å². The molecule has 0 heterocycles. The van der Waals surface area contributed by atoms with E-state index in [2.05, 4.69) is 48.5 Å². The van der Waals surface area contributed by atoms with Crippen LogP contribution in [-0.4, -0.2) is 24.6 Å². The molecule has 0 N–H and O–H groups in total. The number of carbonyl (C=O) groups is 2. The van der Waals surface area contributed by atoms with Gasteiger partial charge >= 0.3 is 11.9 Å². The first-order valence-electron chi connectivity index (χ1n) is 17.7. The highest BCUT2D eigenvalue weighted by molar-refractivity contribution is 5.66. The Labute approximate surface area is 259 Å². The Balaban J connectivity index is 0.00000116. The SMILES string of the molecule is CC.CC.CC(=O)OCC12CCC(C(C)C)=C1[C@H]1CCC3[C@@]4(C)CC[C@H](OC(C)=O)C(C)(C)C4CC[C@@]3(C)C1(C)CC2. The van der Waals surface area contributed by atoms with Crippen LogP contribution in [0.2, 0.25) is 0 Å². The van der Waals surface area contributed by atoms with E-state index >= 15 is 0 Å². The van der Waals surface area contributed by atoms with Gasteiger partial charge in [-0.15, -0.1) is 0 Å². The number of hydrogen-bond donors (Lipinski definition) is 0. The Morgan fingerprint density at radius 1 is 0.762 bits per heavy atom. The van der Waals surface area contributed by atoms with E-state index in [0.29, 0.717) is 30.3 Å². The summed E-state index contributed by atoms with van der Waals surface area (Å²) in [4.78, 5) is 23.8. The molecule has 0 aromatic rings. The van der Waals surface area contributed by atoms with Crippen LogP contribution in [0, 0.1) is 50.7 Å². The summed E-state index contributed by atoms with van der Waals surface area (Å²) in [6.07, 6.45) is 11.9. The van der Waals surface area contributed by atoms with Gasteiger partial charge < -0.3 is 9.47 Å². The molecule has 4 nitrogen and oxygen atoms in total. The minimum Gasteiger partial charge on any atom is -0.465 e. The second-order valence-electron chi connectivity index (χ2n) is 15.7. The maximum atomic E-state index is 11.9. The van der Waals surface area contributed by atoms with Crippen molar-refractivity contribution in [3.05, 3.63) is 11.1 Å². The Morgan fingerprint density at radius 2 is 1.40 bits per heavy atom. The van der Waals surface area contributed by atoms with Gasteiger partial charge in [0.1, 0.15) is 12.7 Å². The number of allylic oxidation sites excluding steroid dienone is 1. The van der Waals surface area contributed by atoms with Gasteiger partial charge in [0.05, 0.1) is 0 Å². The smallest absolute Gasteiger partial charge is 0.302 e. The second kappa shape index (κ2) is 12.6. The molecule has 0 spiro atoms. The highest BCUT2D eigenvalue weighted by Crippen LogP contribution is 2.76. The van der Waals surface area contributed by atoms with Gasteiger partial charge in [0.25, 0.3) is 0 Å². The zero-order valence-electron chi connectivity index (χ0n) is 29.8. The molecule has 4 saturated carbocycles. The molecule has 8 atom stereocenters. The fraction of sp³-hybridized carbons (Fsp3) is 0.895. The normalized spacial score (nSPS) is 41.5. The first-order valence-corrected chi connectivity index (χ1v) is 17.7. The molecule has 0 aromatic heterocycles. The lowest BCUT2D eigenvalue weighted by atomic mass is 9.33. The third kappa shape index (κ3) is 5.31. The van der Waals surface area contributed by atoms with Crippen LogP contribution in [-0.2, 0) is 19.1 Å². The Bertz CT molecular complexity index is 1020. The number of esters is 2.